The Balaban J connectivity index is 2.60. The molecule has 3 nitrogen and oxygen atoms in total. The number of halogens is 4. The normalized spacial score (nSPS) is 13.4. The van der Waals surface area contributed by atoms with E-state index in [1.54, 1.807) is 6.92 Å². The molecule has 0 saturated carbocycles. The zero-order valence-electron chi connectivity index (χ0n) is 10.3. The molecule has 19 heavy (non-hydrogen) atoms. The molecule has 0 fully saturated rings. The Morgan fingerprint density at radius 3 is 2.63 bits per heavy atom. The number of aliphatic hydroxyl groups excluding tert-OH is 1. The van der Waals surface area contributed by atoms with E-state index in [-0.39, 0.29) is 18.2 Å². The highest BCUT2D eigenvalue weighted by Gasteiger charge is 2.30. The van der Waals surface area contributed by atoms with Gasteiger partial charge < -0.3 is 15.2 Å². The van der Waals surface area contributed by atoms with Gasteiger partial charge >= 0.3 is 6.18 Å². The molecule has 0 bridgehead atoms. The maximum absolute atomic E-state index is 12.4. The Morgan fingerprint density at radius 2 is 2.11 bits per heavy atom. The number of ether oxygens (including phenoxy) is 1. The molecule has 0 aromatic heterocycles. The maximum atomic E-state index is 12.4. The van der Waals surface area contributed by atoms with E-state index < -0.39 is 17.8 Å². The second-order valence-corrected chi connectivity index (χ2v) is 4.29. The summed E-state index contributed by atoms with van der Waals surface area (Å²) >= 11 is 5.75. The molecule has 108 valence electrons. The molecular formula is C12H15ClF3NO2. The highest BCUT2D eigenvalue weighted by Crippen LogP contribution is 2.33. The molecule has 7 heteroatoms. The average Bonchev–Trinajstić information content (AvgIpc) is 2.33. The monoisotopic (exact) mass is 297 g/mol. The minimum Gasteiger partial charge on any atom is -0.389 e. The lowest BCUT2D eigenvalue weighted by Gasteiger charge is -2.14. The fourth-order valence-corrected chi connectivity index (χ4v) is 1.62. The first-order valence-corrected chi connectivity index (χ1v) is 6.08. The van der Waals surface area contributed by atoms with E-state index in [1.165, 1.54) is 6.07 Å². The number of hydrogen-bond acceptors (Lipinski definition) is 3. The van der Waals surface area contributed by atoms with Crippen LogP contribution in [0.25, 0.3) is 0 Å². The summed E-state index contributed by atoms with van der Waals surface area (Å²) < 4.78 is 42.3. The molecule has 0 spiro atoms. The number of aliphatic hydroxyl groups is 1. The van der Waals surface area contributed by atoms with Crippen molar-refractivity contribution < 1.29 is 23.0 Å². The number of rotatable bonds is 6. The lowest BCUT2D eigenvalue weighted by molar-refractivity contribution is -0.137. The Morgan fingerprint density at radius 1 is 1.42 bits per heavy atom. The van der Waals surface area contributed by atoms with Gasteiger partial charge in [-0.2, -0.15) is 13.2 Å². The van der Waals surface area contributed by atoms with Crippen LogP contribution in [-0.2, 0) is 10.9 Å². The third-order valence-corrected chi connectivity index (χ3v) is 2.65. The molecular weight excluding hydrogens is 283 g/mol. The van der Waals surface area contributed by atoms with Crippen LogP contribution in [0.5, 0.6) is 0 Å². The second kappa shape index (κ2) is 6.98. The average molecular weight is 298 g/mol. The fourth-order valence-electron chi connectivity index (χ4n) is 1.38. The predicted octanol–water partition coefficient (Wildman–Crippen LogP) is 3.17. The fraction of sp³-hybridized carbons (Fsp3) is 0.500. The van der Waals surface area contributed by atoms with Crippen LogP contribution in [0.2, 0.25) is 5.02 Å². The van der Waals surface area contributed by atoms with E-state index in [1.807, 2.05) is 0 Å². The molecule has 1 unspecified atom stereocenters. The van der Waals surface area contributed by atoms with Crippen LogP contribution >= 0.6 is 11.6 Å². The minimum absolute atomic E-state index is 0.0431. The number of nitrogens with one attached hydrogen (secondary N) is 1. The second-order valence-electron chi connectivity index (χ2n) is 3.89. The van der Waals surface area contributed by atoms with Gasteiger partial charge in [-0.15, -0.1) is 0 Å². The van der Waals surface area contributed by atoms with Crippen molar-refractivity contribution in [1.29, 1.82) is 0 Å². The molecule has 1 aromatic carbocycles. The summed E-state index contributed by atoms with van der Waals surface area (Å²) in [7, 11) is 0. The first-order valence-electron chi connectivity index (χ1n) is 5.71. The van der Waals surface area contributed by atoms with Crippen molar-refractivity contribution in [3.8, 4) is 0 Å². The molecule has 1 aromatic rings. The minimum atomic E-state index is -4.42. The Hall–Kier alpha value is -0.980. The SMILES string of the molecule is CCOCC(O)CNc1ccc(C(F)(F)F)cc1Cl. The van der Waals surface area contributed by atoms with Gasteiger partial charge in [0.25, 0.3) is 0 Å². The van der Waals surface area contributed by atoms with Crippen LogP contribution < -0.4 is 5.32 Å². The van der Waals surface area contributed by atoms with Crippen LogP contribution in [0.15, 0.2) is 18.2 Å². The Kier molecular flexibility index (Phi) is 5.90. The number of alkyl halides is 3. The molecule has 0 aliphatic carbocycles. The van der Waals surface area contributed by atoms with Gasteiger partial charge in [-0.25, -0.2) is 0 Å². The third-order valence-electron chi connectivity index (χ3n) is 2.34. The van der Waals surface area contributed by atoms with E-state index in [2.05, 4.69) is 5.32 Å². The molecule has 1 atom stereocenters. The van der Waals surface area contributed by atoms with Crippen LogP contribution in [0.1, 0.15) is 12.5 Å². The van der Waals surface area contributed by atoms with Gasteiger partial charge in [-0.1, -0.05) is 11.6 Å². The molecule has 1 rings (SSSR count). The molecule has 0 heterocycles. The van der Waals surface area contributed by atoms with E-state index in [4.69, 9.17) is 16.3 Å². The van der Waals surface area contributed by atoms with E-state index in [0.717, 1.165) is 12.1 Å². The van der Waals surface area contributed by atoms with Gasteiger partial charge in [0.2, 0.25) is 0 Å². The van der Waals surface area contributed by atoms with Crippen LogP contribution in [0.3, 0.4) is 0 Å². The summed E-state index contributed by atoms with van der Waals surface area (Å²) in [4.78, 5) is 0. The van der Waals surface area contributed by atoms with Gasteiger partial charge in [-0.3, -0.25) is 0 Å². The van der Waals surface area contributed by atoms with Crippen molar-refractivity contribution in [1.82, 2.24) is 0 Å². The lowest BCUT2D eigenvalue weighted by atomic mass is 10.2. The van der Waals surface area contributed by atoms with Crippen molar-refractivity contribution >= 4 is 17.3 Å². The van der Waals surface area contributed by atoms with Crippen molar-refractivity contribution in [2.45, 2.75) is 19.2 Å². The van der Waals surface area contributed by atoms with Crippen LogP contribution in [0, 0.1) is 0 Å². The van der Waals surface area contributed by atoms with E-state index in [0.29, 0.717) is 12.3 Å². The molecule has 0 aliphatic rings. The Labute approximate surface area is 114 Å². The van der Waals surface area contributed by atoms with E-state index in [9.17, 15) is 18.3 Å². The first-order chi connectivity index (χ1) is 8.84. The molecule has 2 N–H and O–H groups in total. The number of benzene rings is 1. The largest absolute Gasteiger partial charge is 0.416 e. The van der Waals surface area contributed by atoms with Crippen LogP contribution in [0.4, 0.5) is 18.9 Å². The smallest absolute Gasteiger partial charge is 0.389 e. The van der Waals surface area contributed by atoms with Gasteiger partial charge in [-0.05, 0) is 25.1 Å². The molecule has 0 amide bonds. The van der Waals surface area contributed by atoms with Crippen molar-refractivity contribution in [2.24, 2.45) is 0 Å². The third kappa shape index (κ3) is 5.26. The highest BCUT2D eigenvalue weighted by molar-refractivity contribution is 6.33. The zero-order chi connectivity index (χ0) is 14.5. The zero-order valence-corrected chi connectivity index (χ0v) is 11.1. The predicted molar refractivity (Wildman–Crippen MR) is 67.4 cm³/mol. The van der Waals surface area contributed by atoms with Gasteiger partial charge in [0.05, 0.1) is 29.0 Å². The molecule has 0 aliphatic heterocycles. The molecule has 0 saturated heterocycles. The van der Waals surface area contributed by atoms with Crippen LogP contribution in [-0.4, -0.2) is 31.0 Å². The lowest BCUT2D eigenvalue weighted by Crippen LogP contribution is -2.25. The summed E-state index contributed by atoms with van der Waals surface area (Å²) in [5.41, 5.74) is -0.469. The highest BCUT2D eigenvalue weighted by atomic mass is 35.5. The van der Waals surface area contributed by atoms with Gasteiger partial charge in [0, 0.05) is 13.2 Å². The topological polar surface area (TPSA) is 41.5 Å². The summed E-state index contributed by atoms with van der Waals surface area (Å²) in [5.74, 6) is 0. The summed E-state index contributed by atoms with van der Waals surface area (Å²) in [6.45, 7) is 2.58. The quantitative estimate of drug-likeness (QED) is 0.847. The maximum Gasteiger partial charge on any atom is 0.416 e. The van der Waals surface area contributed by atoms with Crippen molar-refractivity contribution in [3.63, 3.8) is 0 Å². The summed E-state index contributed by atoms with van der Waals surface area (Å²) in [5, 5.41) is 12.2. The van der Waals surface area contributed by atoms with E-state index >= 15 is 0 Å². The number of hydrogen-bond donors (Lipinski definition) is 2. The summed E-state index contributed by atoms with van der Waals surface area (Å²) in [6.07, 6.45) is -5.17. The standard InChI is InChI=1S/C12H15ClF3NO2/c1-2-19-7-9(18)6-17-11-4-3-8(5-10(11)13)12(14,15)16/h3-5,9,17-18H,2,6-7H2,1H3. The Bertz CT molecular complexity index is 412. The summed E-state index contributed by atoms with van der Waals surface area (Å²) in [6, 6.07) is 3.01. The number of anilines is 1. The van der Waals surface area contributed by atoms with Gasteiger partial charge in [0.15, 0.2) is 0 Å². The van der Waals surface area contributed by atoms with Crippen molar-refractivity contribution in [3.05, 3.63) is 28.8 Å². The molecule has 0 radical (unpaired) electrons. The first kappa shape index (κ1) is 16.1. The van der Waals surface area contributed by atoms with Crippen molar-refractivity contribution in [2.75, 3.05) is 25.1 Å². The van der Waals surface area contributed by atoms with Gasteiger partial charge in [0.1, 0.15) is 0 Å².